The second-order valence-corrected chi connectivity index (χ2v) is 10.6. The van der Waals surface area contributed by atoms with Crippen molar-refractivity contribution in [3.05, 3.63) is 48.0 Å². The minimum absolute atomic E-state index is 0.115. The number of hydrogen-bond acceptors (Lipinski definition) is 6. The highest BCUT2D eigenvalue weighted by molar-refractivity contribution is 7.86. The summed E-state index contributed by atoms with van der Waals surface area (Å²) in [5.74, 6) is -0.862. The van der Waals surface area contributed by atoms with Crippen molar-refractivity contribution in [3.63, 3.8) is 0 Å². The molecule has 0 radical (unpaired) electrons. The van der Waals surface area contributed by atoms with Gasteiger partial charge in [-0.1, -0.05) is 30.5 Å². The number of carbonyl (C=O) groups excluding carboxylic acids is 3. The zero-order valence-corrected chi connectivity index (χ0v) is 21.3. The maximum Gasteiger partial charge on any atom is 0.243 e. The first-order valence-corrected chi connectivity index (χ1v) is 13.5. The van der Waals surface area contributed by atoms with Gasteiger partial charge < -0.3 is 20.1 Å². The van der Waals surface area contributed by atoms with Crippen LogP contribution in [-0.2, 0) is 25.2 Å². The van der Waals surface area contributed by atoms with E-state index in [1.165, 1.54) is 4.90 Å². The van der Waals surface area contributed by atoms with Gasteiger partial charge in [-0.3, -0.25) is 23.5 Å². The van der Waals surface area contributed by atoms with Gasteiger partial charge in [0.1, 0.15) is 17.5 Å². The Kier molecular flexibility index (Phi) is 8.25. The highest BCUT2D eigenvalue weighted by atomic mass is 32.2. The fourth-order valence-electron chi connectivity index (χ4n) is 4.37. The van der Waals surface area contributed by atoms with E-state index in [-0.39, 0.29) is 30.2 Å². The van der Waals surface area contributed by atoms with Crippen molar-refractivity contribution >= 4 is 39.9 Å². The van der Waals surface area contributed by atoms with Crippen LogP contribution in [0.1, 0.15) is 38.2 Å². The molecule has 2 aliphatic rings. The first-order chi connectivity index (χ1) is 17.3. The molecule has 1 heterocycles. The van der Waals surface area contributed by atoms with Crippen LogP contribution >= 0.6 is 0 Å². The monoisotopic (exact) mass is 513 g/mol. The molecule has 0 spiro atoms. The van der Waals surface area contributed by atoms with E-state index in [2.05, 4.69) is 10.6 Å². The lowest BCUT2D eigenvalue weighted by Gasteiger charge is -2.29. The van der Waals surface area contributed by atoms with Crippen LogP contribution in [0, 0.1) is 6.92 Å². The molecule has 0 unspecified atom stereocenters. The van der Waals surface area contributed by atoms with E-state index < -0.39 is 28.7 Å². The lowest BCUT2D eigenvalue weighted by molar-refractivity contribution is -0.125. The van der Waals surface area contributed by atoms with Crippen LogP contribution < -0.4 is 25.0 Å². The van der Waals surface area contributed by atoms with Crippen LogP contribution in [0.2, 0.25) is 0 Å². The number of hydrogen-bond donors (Lipinski definition) is 2. The molecule has 1 aliphatic carbocycles. The van der Waals surface area contributed by atoms with Gasteiger partial charge in [0.25, 0.3) is 0 Å². The van der Waals surface area contributed by atoms with E-state index in [1.807, 2.05) is 19.1 Å². The second kappa shape index (κ2) is 11.6. The van der Waals surface area contributed by atoms with Gasteiger partial charge in [-0.15, -0.1) is 0 Å². The summed E-state index contributed by atoms with van der Waals surface area (Å²) in [6.45, 7) is 3.71. The molecule has 9 nitrogen and oxygen atoms in total. The first-order valence-electron chi connectivity index (χ1n) is 12.0. The standard InChI is InChI=1S/C26H31N3O6S/c1-17-7-10-21(11-8-17)29(18(2)26(32)28-19-5-3-4-6-19)25(31)15-36(33)14-24(30)27-20-9-12-22-23(13-20)35-16-34-22/h7-13,18-19H,3-6,14-16H2,1-2H3,(H,27,30)(H,28,32)/t18-,36+/m1/s1. The van der Waals surface area contributed by atoms with Gasteiger partial charge in [0.2, 0.25) is 24.5 Å². The Morgan fingerprint density at radius 1 is 1.03 bits per heavy atom. The molecule has 0 bridgehead atoms. The number of anilines is 2. The van der Waals surface area contributed by atoms with Crippen LogP contribution in [0.4, 0.5) is 11.4 Å². The van der Waals surface area contributed by atoms with Gasteiger partial charge in [0, 0.05) is 34.3 Å². The predicted molar refractivity (Wildman–Crippen MR) is 138 cm³/mol. The first kappa shape index (κ1) is 25.7. The highest BCUT2D eigenvalue weighted by Crippen LogP contribution is 2.34. The molecule has 0 saturated heterocycles. The largest absolute Gasteiger partial charge is 0.454 e. The van der Waals surface area contributed by atoms with E-state index in [9.17, 15) is 18.6 Å². The normalized spacial score (nSPS) is 16.3. The number of amides is 3. The smallest absolute Gasteiger partial charge is 0.243 e. The summed E-state index contributed by atoms with van der Waals surface area (Å²) in [5.41, 5.74) is 2.03. The zero-order chi connectivity index (χ0) is 25.7. The van der Waals surface area contributed by atoms with Crippen molar-refractivity contribution in [2.45, 2.75) is 51.6 Å². The molecule has 1 saturated carbocycles. The zero-order valence-electron chi connectivity index (χ0n) is 20.5. The molecule has 1 fully saturated rings. The summed E-state index contributed by atoms with van der Waals surface area (Å²) in [7, 11) is -1.78. The second-order valence-electron chi connectivity index (χ2n) is 9.11. The van der Waals surface area contributed by atoms with Crippen molar-refractivity contribution in [2.24, 2.45) is 0 Å². The van der Waals surface area contributed by atoms with Crippen molar-refractivity contribution in [1.82, 2.24) is 5.32 Å². The van der Waals surface area contributed by atoms with Crippen molar-refractivity contribution in [2.75, 3.05) is 28.5 Å². The fraction of sp³-hybridized carbons (Fsp3) is 0.423. The Morgan fingerprint density at radius 2 is 1.72 bits per heavy atom. The Bertz CT molecular complexity index is 1150. The van der Waals surface area contributed by atoms with Crippen LogP contribution in [0.15, 0.2) is 42.5 Å². The topological polar surface area (TPSA) is 114 Å². The molecule has 1 aliphatic heterocycles. The van der Waals surface area contributed by atoms with E-state index in [0.717, 1.165) is 31.2 Å². The third-order valence-electron chi connectivity index (χ3n) is 6.28. The fourth-order valence-corrected chi connectivity index (χ4v) is 5.26. The van der Waals surface area contributed by atoms with Crippen molar-refractivity contribution in [1.29, 1.82) is 0 Å². The van der Waals surface area contributed by atoms with Crippen LogP contribution in [0.5, 0.6) is 11.5 Å². The molecule has 2 N–H and O–H groups in total. The number of fused-ring (bicyclic) bond motifs is 1. The third kappa shape index (κ3) is 6.42. The van der Waals surface area contributed by atoms with Gasteiger partial charge in [-0.2, -0.15) is 0 Å². The maximum atomic E-state index is 13.3. The molecule has 192 valence electrons. The number of carbonyl (C=O) groups is 3. The van der Waals surface area contributed by atoms with Gasteiger partial charge in [-0.25, -0.2) is 0 Å². The number of ether oxygens (including phenoxy) is 2. The maximum absolute atomic E-state index is 13.3. The Balaban J connectivity index is 1.39. The summed E-state index contributed by atoms with van der Waals surface area (Å²) < 4.78 is 23.3. The van der Waals surface area contributed by atoms with Gasteiger partial charge in [-0.05, 0) is 51.0 Å². The number of rotatable bonds is 9. The summed E-state index contributed by atoms with van der Waals surface area (Å²) >= 11 is 0. The van der Waals surface area contributed by atoms with Crippen LogP contribution in [-0.4, -0.2) is 52.3 Å². The average molecular weight is 514 g/mol. The van der Waals surface area contributed by atoms with Gasteiger partial charge in [0.05, 0.1) is 0 Å². The molecule has 0 aromatic heterocycles. The van der Waals surface area contributed by atoms with Crippen LogP contribution in [0.25, 0.3) is 0 Å². The quantitative estimate of drug-likeness (QED) is 0.533. The summed E-state index contributed by atoms with van der Waals surface area (Å²) in [4.78, 5) is 40.1. The molecule has 10 heteroatoms. The lowest BCUT2D eigenvalue weighted by Crippen LogP contribution is -2.51. The summed E-state index contributed by atoms with van der Waals surface area (Å²) in [5, 5.41) is 5.70. The number of benzene rings is 2. The average Bonchev–Trinajstić information content (AvgIpc) is 3.51. The van der Waals surface area contributed by atoms with E-state index >= 15 is 0 Å². The molecule has 36 heavy (non-hydrogen) atoms. The molecule has 2 aromatic carbocycles. The minimum atomic E-state index is -1.78. The predicted octanol–water partition coefficient (Wildman–Crippen LogP) is 2.89. The Hall–Kier alpha value is -3.40. The van der Waals surface area contributed by atoms with E-state index in [1.54, 1.807) is 37.3 Å². The summed E-state index contributed by atoms with van der Waals surface area (Å²) in [6, 6.07) is 11.5. The lowest BCUT2D eigenvalue weighted by atomic mass is 10.1. The SMILES string of the molecule is Cc1ccc(N(C(=O)C[S@@](=O)CC(=O)Nc2ccc3c(c2)OCO3)[C@H](C)C(=O)NC2CCCC2)cc1. The minimum Gasteiger partial charge on any atom is -0.454 e. The molecule has 2 atom stereocenters. The highest BCUT2D eigenvalue weighted by Gasteiger charge is 2.30. The Labute approximate surface area is 213 Å². The molecule has 4 rings (SSSR count). The molecule has 2 aromatic rings. The van der Waals surface area contributed by atoms with Crippen molar-refractivity contribution < 1.29 is 28.1 Å². The van der Waals surface area contributed by atoms with Crippen molar-refractivity contribution in [3.8, 4) is 11.5 Å². The van der Waals surface area contributed by atoms with E-state index in [0.29, 0.717) is 22.9 Å². The van der Waals surface area contributed by atoms with Gasteiger partial charge in [0.15, 0.2) is 11.5 Å². The number of aryl methyl sites for hydroxylation is 1. The molecular weight excluding hydrogens is 482 g/mol. The molecular formula is C26H31N3O6S. The molecule has 3 amide bonds. The van der Waals surface area contributed by atoms with E-state index in [4.69, 9.17) is 9.47 Å². The third-order valence-corrected chi connectivity index (χ3v) is 7.44. The van der Waals surface area contributed by atoms with Crippen LogP contribution in [0.3, 0.4) is 0 Å². The summed E-state index contributed by atoms with van der Waals surface area (Å²) in [6.07, 6.45) is 4.01. The Morgan fingerprint density at radius 3 is 2.44 bits per heavy atom. The number of nitrogens with one attached hydrogen (secondary N) is 2. The number of nitrogens with zero attached hydrogens (tertiary/aromatic N) is 1. The van der Waals surface area contributed by atoms with Gasteiger partial charge >= 0.3 is 0 Å².